The van der Waals surface area contributed by atoms with Gasteiger partial charge in [-0.05, 0) is 42.7 Å². The van der Waals surface area contributed by atoms with Gasteiger partial charge in [-0.2, -0.15) is 13.9 Å². The number of carbonyl (C=O) groups excluding carboxylic acids is 1. The number of hydrazone groups is 1. The minimum Gasteiger partial charge on any atom is -0.434 e. The van der Waals surface area contributed by atoms with E-state index in [4.69, 9.17) is 5.73 Å². The quantitative estimate of drug-likeness (QED) is 0.638. The van der Waals surface area contributed by atoms with Crippen molar-refractivity contribution in [2.75, 3.05) is 0 Å². The zero-order chi connectivity index (χ0) is 13.7. The first-order chi connectivity index (χ1) is 8.40. The molecule has 3 N–H and O–H groups in total. The number of primary amides is 1. The number of rotatable bonds is 4. The van der Waals surface area contributed by atoms with E-state index in [9.17, 15) is 13.6 Å². The van der Waals surface area contributed by atoms with E-state index in [1.54, 1.807) is 26.0 Å². The minimum absolute atomic E-state index is 0.144. The third-order valence-electron chi connectivity index (χ3n) is 2.08. The SMILES string of the molecule is Cc1cc(C=NNC(N)=O)cc(C)c1OC(F)F. The molecule has 0 aliphatic rings. The molecule has 98 valence electrons. The van der Waals surface area contributed by atoms with Gasteiger partial charge in [-0.15, -0.1) is 0 Å². The monoisotopic (exact) mass is 257 g/mol. The number of halogens is 2. The first-order valence-corrected chi connectivity index (χ1v) is 5.04. The molecule has 2 amide bonds. The van der Waals surface area contributed by atoms with Gasteiger partial charge < -0.3 is 10.5 Å². The molecule has 7 heteroatoms. The van der Waals surface area contributed by atoms with Crippen LogP contribution in [-0.2, 0) is 0 Å². The van der Waals surface area contributed by atoms with Crippen LogP contribution in [0.4, 0.5) is 13.6 Å². The maximum Gasteiger partial charge on any atom is 0.387 e. The van der Waals surface area contributed by atoms with Crippen molar-refractivity contribution in [3.63, 3.8) is 0 Å². The molecule has 0 bridgehead atoms. The predicted molar refractivity (Wildman–Crippen MR) is 62.9 cm³/mol. The second-order valence-corrected chi connectivity index (χ2v) is 3.60. The molecule has 5 nitrogen and oxygen atoms in total. The van der Waals surface area contributed by atoms with Crippen molar-refractivity contribution in [3.8, 4) is 5.75 Å². The Balaban J connectivity index is 2.92. The summed E-state index contributed by atoms with van der Waals surface area (Å²) in [5.74, 6) is 0.144. The van der Waals surface area contributed by atoms with Crippen molar-refractivity contribution in [1.82, 2.24) is 5.43 Å². The van der Waals surface area contributed by atoms with E-state index >= 15 is 0 Å². The normalized spacial score (nSPS) is 10.9. The Bertz CT molecular complexity index is 452. The Hall–Kier alpha value is -2.18. The third-order valence-corrected chi connectivity index (χ3v) is 2.08. The van der Waals surface area contributed by atoms with Crippen molar-refractivity contribution in [3.05, 3.63) is 28.8 Å². The van der Waals surface area contributed by atoms with Crippen molar-refractivity contribution in [2.24, 2.45) is 10.8 Å². The van der Waals surface area contributed by atoms with E-state index in [2.05, 4.69) is 9.84 Å². The Morgan fingerprint density at radius 1 is 1.44 bits per heavy atom. The van der Waals surface area contributed by atoms with Crippen LogP contribution in [0.2, 0.25) is 0 Å². The van der Waals surface area contributed by atoms with Crippen molar-refractivity contribution in [1.29, 1.82) is 0 Å². The fraction of sp³-hybridized carbons (Fsp3) is 0.273. The smallest absolute Gasteiger partial charge is 0.387 e. The van der Waals surface area contributed by atoms with Crippen LogP contribution in [0.15, 0.2) is 17.2 Å². The highest BCUT2D eigenvalue weighted by Gasteiger charge is 2.10. The summed E-state index contributed by atoms with van der Waals surface area (Å²) < 4.78 is 28.7. The summed E-state index contributed by atoms with van der Waals surface area (Å²) in [6.45, 7) is 0.422. The van der Waals surface area contributed by atoms with E-state index in [1.165, 1.54) is 6.21 Å². The van der Waals surface area contributed by atoms with E-state index in [-0.39, 0.29) is 5.75 Å². The molecule has 0 atom stereocenters. The maximum absolute atomic E-state index is 12.2. The number of benzene rings is 1. The number of nitrogens with two attached hydrogens (primary N) is 1. The molecule has 0 aliphatic heterocycles. The second-order valence-electron chi connectivity index (χ2n) is 3.60. The Morgan fingerprint density at radius 2 is 2.00 bits per heavy atom. The fourth-order valence-electron chi connectivity index (χ4n) is 1.50. The molecule has 0 unspecified atom stereocenters. The van der Waals surface area contributed by atoms with Crippen molar-refractivity contribution in [2.45, 2.75) is 20.5 Å². The molecule has 0 saturated heterocycles. The van der Waals surface area contributed by atoms with Crippen LogP contribution in [0.5, 0.6) is 5.75 Å². The highest BCUT2D eigenvalue weighted by Crippen LogP contribution is 2.25. The summed E-state index contributed by atoms with van der Waals surface area (Å²) in [5, 5.41) is 3.58. The molecule has 1 aromatic carbocycles. The molecular formula is C11H13F2N3O2. The number of hydrogen-bond acceptors (Lipinski definition) is 3. The maximum atomic E-state index is 12.2. The highest BCUT2D eigenvalue weighted by atomic mass is 19.3. The van der Waals surface area contributed by atoms with Gasteiger partial charge in [0.2, 0.25) is 0 Å². The molecule has 18 heavy (non-hydrogen) atoms. The van der Waals surface area contributed by atoms with Gasteiger partial charge in [-0.3, -0.25) is 0 Å². The molecular weight excluding hydrogens is 244 g/mol. The lowest BCUT2D eigenvalue weighted by Crippen LogP contribution is -2.24. The molecule has 0 aromatic heterocycles. The Labute approximate surface area is 103 Å². The summed E-state index contributed by atoms with van der Waals surface area (Å²) in [6.07, 6.45) is 1.36. The van der Waals surface area contributed by atoms with Crippen LogP contribution in [0, 0.1) is 13.8 Å². The van der Waals surface area contributed by atoms with Gasteiger partial charge in [0.15, 0.2) is 0 Å². The van der Waals surface area contributed by atoms with E-state index in [0.717, 1.165) is 0 Å². The fourth-order valence-corrected chi connectivity index (χ4v) is 1.50. The van der Waals surface area contributed by atoms with Gasteiger partial charge in [-0.1, -0.05) is 0 Å². The number of ether oxygens (including phenoxy) is 1. The van der Waals surface area contributed by atoms with Crippen LogP contribution in [0.25, 0.3) is 0 Å². The molecule has 1 aromatic rings. The van der Waals surface area contributed by atoms with E-state index < -0.39 is 12.6 Å². The molecule has 0 heterocycles. The number of amides is 2. The lowest BCUT2D eigenvalue weighted by Gasteiger charge is -2.11. The summed E-state index contributed by atoms with van der Waals surface area (Å²) in [4.78, 5) is 10.4. The second kappa shape index (κ2) is 5.95. The Morgan fingerprint density at radius 3 is 2.44 bits per heavy atom. The van der Waals surface area contributed by atoms with E-state index in [0.29, 0.717) is 16.7 Å². The zero-order valence-electron chi connectivity index (χ0n) is 9.91. The topological polar surface area (TPSA) is 76.7 Å². The number of hydrogen-bond donors (Lipinski definition) is 2. The lowest BCUT2D eigenvalue weighted by molar-refractivity contribution is -0.0507. The summed E-state index contributed by atoms with van der Waals surface area (Å²) >= 11 is 0. The highest BCUT2D eigenvalue weighted by molar-refractivity contribution is 5.82. The van der Waals surface area contributed by atoms with Crippen molar-refractivity contribution < 1.29 is 18.3 Å². The standard InChI is InChI=1S/C11H13F2N3O2/c1-6-3-8(5-15-16-11(14)17)4-7(2)9(6)18-10(12)13/h3-5,10H,1-2H3,(H3,14,16,17). The zero-order valence-corrected chi connectivity index (χ0v) is 9.91. The van der Waals surface area contributed by atoms with Crippen LogP contribution in [0.1, 0.15) is 16.7 Å². The number of alkyl halides is 2. The molecule has 1 rings (SSSR count). The van der Waals surface area contributed by atoms with Gasteiger partial charge in [0, 0.05) is 0 Å². The lowest BCUT2D eigenvalue weighted by atomic mass is 10.1. The molecule has 0 radical (unpaired) electrons. The van der Waals surface area contributed by atoms with Crippen LogP contribution < -0.4 is 15.9 Å². The first kappa shape index (κ1) is 13.9. The van der Waals surface area contributed by atoms with Gasteiger partial charge >= 0.3 is 12.6 Å². The minimum atomic E-state index is -2.86. The number of nitrogens with zero attached hydrogens (tertiary/aromatic N) is 1. The van der Waals surface area contributed by atoms with Crippen molar-refractivity contribution >= 4 is 12.2 Å². The predicted octanol–water partition coefficient (Wildman–Crippen LogP) is 1.91. The average molecular weight is 257 g/mol. The summed E-state index contributed by atoms with van der Waals surface area (Å²) in [6, 6.07) is 2.44. The Kier molecular flexibility index (Phi) is 4.59. The first-order valence-electron chi connectivity index (χ1n) is 5.04. The van der Waals surface area contributed by atoms with Gasteiger partial charge in [0.05, 0.1) is 6.21 Å². The van der Waals surface area contributed by atoms with Gasteiger partial charge in [0.1, 0.15) is 5.75 Å². The molecule has 0 fully saturated rings. The number of carbonyl (C=O) groups is 1. The molecule has 0 spiro atoms. The number of nitrogens with one attached hydrogen (secondary N) is 1. The number of urea groups is 1. The number of aryl methyl sites for hydroxylation is 2. The third kappa shape index (κ3) is 4.00. The molecule has 0 saturated carbocycles. The van der Waals surface area contributed by atoms with Crippen LogP contribution >= 0.6 is 0 Å². The van der Waals surface area contributed by atoms with Crippen LogP contribution in [0.3, 0.4) is 0 Å². The summed E-state index contributed by atoms with van der Waals surface area (Å²) in [5.41, 5.74) is 8.61. The van der Waals surface area contributed by atoms with E-state index in [1.807, 2.05) is 5.43 Å². The summed E-state index contributed by atoms with van der Waals surface area (Å²) in [7, 11) is 0. The average Bonchev–Trinajstić information content (AvgIpc) is 2.22. The molecule has 0 aliphatic carbocycles. The van der Waals surface area contributed by atoms with Gasteiger partial charge in [0.25, 0.3) is 0 Å². The largest absolute Gasteiger partial charge is 0.434 e. The van der Waals surface area contributed by atoms with Crippen LogP contribution in [-0.4, -0.2) is 18.9 Å². The van der Waals surface area contributed by atoms with Gasteiger partial charge in [-0.25, -0.2) is 10.2 Å².